The van der Waals surface area contributed by atoms with Crippen LogP contribution in [0.5, 0.6) is 0 Å². The normalized spacial score (nSPS) is 15.6. The van der Waals surface area contributed by atoms with Crippen LogP contribution >= 0.6 is 0 Å². The Morgan fingerprint density at radius 2 is 2.00 bits per heavy atom. The molecule has 5 rings (SSSR count). The van der Waals surface area contributed by atoms with Crippen molar-refractivity contribution < 1.29 is 4.79 Å². The molecule has 0 radical (unpaired) electrons. The molecule has 0 saturated carbocycles. The van der Waals surface area contributed by atoms with Gasteiger partial charge in [-0.05, 0) is 50.1 Å². The molecule has 0 aromatic carbocycles. The summed E-state index contributed by atoms with van der Waals surface area (Å²) < 4.78 is 3.81. The quantitative estimate of drug-likeness (QED) is 0.509. The van der Waals surface area contributed by atoms with Crippen LogP contribution in [0.1, 0.15) is 34.5 Å². The Balaban J connectivity index is 1.44. The van der Waals surface area contributed by atoms with Gasteiger partial charge in [-0.2, -0.15) is 5.10 Å². The fourth-order valence-corrected chi connectivity index (χ4v) is 4.24. The Morgan fingerprint density at radius 3 is 2.76 bits per heavy atom. The van der Waals surface area contributed by atoms with Crippen molar-refractivity contribution in [1.29, 1.82) is 0 Å². The third-order valence-electron chi connectivity index (χ3n) is 6.03. The first kappa shape index (κ1) is 20.9. The van der Waals surface area contributed by atoms with Crippen molar-refractivity contribution in [2.45, 2.75) is 39.9 Å². The van der Waals surface area contributed by atoms with Gasteiger partial charge in [0, 0.05) is 49.9 Å². The molecule has 0 aliphatic carbocycles. The Hall–Kier alpha value is -4.01. The van der Waals surface area contributed by atoms with E-state index in [2.05, 4.69) is 43.1 Å². The van der Waals surface area contributed by atoms with Crippen molar-refractivity contribution in [2.24, 2.45) is 7.05 Å². The van der Waals surface area contributed by atoms with Crippen LogP contribution in [0.2, 0.25) is 0 Å². The molecule has 0 spiro atoms. The zero-order valence-corrected chi connectivity index (χ0v) is 19.1. The molecule has 5 heterocycles. The second-order valence-electron chi connectivity index (χ2n) is 8.49. The number of fused-ring (bicyclic) bond motifs is 1. The van der Waals surface area contributed by atoms with Crippen molar-refractivity contribution >= 4 is 17.5 Å². The molecule has 1 amide bonds. The molecule has 168 valence electrons. The lowest BCUT2D eigenvalue weighted by atomic mass is 10.0. The predicted molar refractivity (Wildman–Crippen MR) is 125 cm³/mol. The van der Waals surface area contributed by atoms with Gasteiger partial charge in [0.05, 0.1) is 18.4 Å². The lowest BCUT2D eigenvalue weighted by molar-refractivity contribution is 0.0592. The predicted octanol–water partition coefficient (Wildman–Crippen LogP) is 3.48. The van der Waals surface area contributed by atoms with Crippen LogP contribution in [-0.4, -0.2) is 46.1 Å². The number of carbonyl (C=O) groups is 1. The number of hydrogen-bond donors (Lipinski definition) is 1. The van der Waals surface area contributed by atoms with E-state index in [-0.39, 0.29) is 11.9 Å². The lowest BCUT2D eigenvalue weighted by Crippen LogP contribution is -2.45. The number of hydrogen-bond acceptors (Lipinski definition) is 6. The molecule has 1 N–H and O–H groups in total. The Labute approximate surface area is 192 Å². The highest BCUT2D eigenvalue weighted by atomic mass is 16.2. The van der Waals surface area contributed by atoms with Gasteiger partial charge in [0.15, 0.2) is 0 Å². The molecule has 1 atom stereocenters. The number of amides is 1. The van der Waals surface area contributed by atoms with Gasteiger partial charge < -0.3 is 14.8 Å². The summed E-state index contributed by atoms with van der Waals surface area (Å²) >= 11 is 0. The molecule has 4 aromatic rings. The highest BCUT2D eigenvalue weighted by Gasteiger charge is 2.31. The standard InChI is InChI=1S/C24H26N8O/c1-15-11-26-22(29-23-6-8-27-30(23)4)10-20(15)18-9-21-24(33)32(16(2)12-31(21)13-18)14-19-5-7-25-17(3)28-19/h5-11,13,16H,12,14H2,1-4H3,(H,26,29)/t16-/m0/s1. The first-order valence-electron chi connectivity index (χ1n) is 10.9. The smallest absolute Gasteiger partial charge is 0.271 e. The first-order valence-corrected chi connectivity index (χ1v) is 10.9. The number of nitrogens with zero attached hydrogens (tertiary/aromatic N) is 7. The van der Waals surface area contributed by atoms with Gasteiger partial charge in [0.1, 0.15) is 23.2 Å². The van der Waals surface area contributed by atoms with E-state index in [1.54, 1.807) is 17.1 Å². The average Bonchev–Trinajstić information content (AvgIpc) is 3.39. The van der Waals surface area contributed by atoms with Crippen molar-refractivity contribution in [2.75, 3.05) is 5.32 Å². The molecule has 0 fully saturated rings. The largest absolute Gasteiger partial charge is 0.341 e. The number of rotatable bonds is 5. The second kappa shape index (κ2) is 8.16. The molecule has 0 unspecified atom stereocenters. The molecule has 9 heteroatoms. The SMILES string of the molecule is Cc1nccc(CN2C(=O)c3cc(-c4cc(Nc5ccnn5C)ncc4C)cn3C[C@@H]2C)n1. The van der Waals surface area contributed by atoms with Gasteiger partial charge in [-0.1, -0.05) is 0 Å². The summed E-state index contributed by atoms with van der Waals surface area (Å²) in [5, 5.41) is 7.49. The molecule has 4 aromatic heterocycles. The zero-order valence-electron chi connectivity index (χ0n) is 19.1. The van der Waals surface area contributed by atoms with E-state index in [1.807, 2.05) is 56.3 Å². The number of pyridine rings is 1. The Morgan fingerprint density at radius 1 is 1.15 bits per heavy atom. The van der Waals surface area contributed by atoms with Crippen molar-refractivity contribution in [1.82, 2.24) is 34.2 Å². The molecule has 9 nitrogen and oxygen atoms in total. The third-order valence-corrected chi connectivity index (χ3v) is 6.03. The summed E-state index contributed by atoms with van der Waals surface area (Å²) in [6.07, 6.45) is 7.38. The second-order valence-corrected chi connectivity index (χ2v) is 8.49. The van der Waals surface area contributed by atoms with E-state index < -0.39 is 0 Å². The topological polar surface area (TPSA) is 93.8 Å². The minimum atomic E-state index is 0.0104. The molecular weight excluding hydrogens is 416 g/mol. The fraction of sp³-hybridized carbons (Fsp3) is 0.292. The summed E-state index contributed by atoms with van der Waals surface area (Å²) in [5.74, 6) is 2.30. The van der Waals surface area contributed by atoms with E-state index in [1.165, 1.54) is 0 Å². The summed E-state index contributed by atoms with van der Waals surface area (Å²) in [6.45, 7) is 7.16. The molecule has 1 aliphatic rings. The highest BCUT2D eigenvalue weighted by Crippen LogP contribution is 2.31. The van der Waals surface area contributed by atoms with Crippen molar-refractivity contribution in [3.8, 4) is 11.1 Å². The Kier molecular flexibility index (Phi) is 5.16. The lowest BCUT2D eigenvalue weighted by Gasteiger charge is -2.34. The number of nitrogens with one attached hydrogen (secondary N) is 1. The van der Waals surface area contributed by atoms with E-state index in [0.717, 1.165) is 40.6 Å². The molecule has 0 bridgehead atoms. The van der Waals surface area contributed by atoms with Crippen LogP contribution in [0.15, 0.2) is 49.1 Å². The maximum absolute atomic E-state index is 13.4. The van der Waals surface area contributed by atoms with Crippen LogP contribution in [0.3, 0.4) is 0 Å². The van der Waals surface area contributed by atoms with Gasteiger partial charge in [0.2, 0.25) is 0 Å². The molecular formula is C24H26N8O. The van der Waals surface area contributed by atoms with E-state index >= 15 is 0 Å². The summed E-state index contributed by atoms with van der Waals surface area (Å²) in [4.78, 5) is 28.4. The van der Waals surface area contributed by atoms with Crippen molar-refractivity contribution in [3.63, 3.8) is 0 Å². The van der Waals surface area contributed by atoms with Crippen LogP contribution in [0, 0.1) is 13.8 Å². The fourth-order valence-electron chi connectivity index (χ4n) is 4.24. The summed E-state index contributed by atoms with van der Waals surface area (Å²) in [6, 6.07) is 7.80. The maximum atomic E-state index is 13.4. The number of aryl methyl sites for hydroxylation is 3. The van der Waals surface area contributed by atoms with Crippen LogP contribution < -0.4 is 5.32 Å². The summed E-state index contributed by atoms with van der Waals surface area (Å²) in [7, 11) is 1.88. The van der Waals surface area contributed by atoms with Gasteiger partial charge in [0.25, 0.3) is 5.91 Å². The number of anilines is 2. The monoisotopic (exact) mass is 442 g/mol. The van der Waals surface area contributed by atoms with E-state index in [4.69, 9.17) is 0 Å². The number of carbonyl (C=O) groups excluding carboxylic acids is 1. The molecule has 33 heavy (non-hydrogen) atoms. The molecule has 1 aliphatic heterocycles. The van der Waals surface area contributed by atoms with Gasteiger partial charge in [-0.25, -0.2) is 15.0 Å². The zero-order chi connectivity index (χ0) is 23.1. The third kappa shape index (κ3) is 3.97. The summed E-state index contributed by atoms with van der Waals surface area (Å²) in [5.41, 5.74) is 4.61. The van der Waals surface area contributed by atoms with Crippen molar-refractivity contribution in [3.05, 3.63) is 71.8 Å². The van der Waals surface area contributed by atoms with Crippen LogP contribution in [0.25, 0.3) is 11.1 Å². The van der Waals surface area contributed by atoms with Gasteiger partial charge in [-0.3, -0.25) is 9.48 Å². The highest BCUT2D eigenvalue weighted by molar-refractivity contribution is 5.95. The maximum Gasteiger partial charge on any atom is 0.271 e. The average molecular weight is 443 g/mol. The van der Waals surface area contributed by atoms with Gasteiger partial charge >= 0.3 is 0 Å². The molecule has 0 saturated heterocycles. The Bertz CT molecular complexity index is 1340. The van der Waals surface area contributed by atoms with Crippen LogP contribution in [-0.2, 0) is 20.1 Å². The van der Waals surface area contributed by atoms with E-state index in [9.17, 15) is 4.79 Å². The number of aromatic nitrogens is 6. The minimum Gasteiger partial charge on any atom is -0.341 e. The van der Waals surface area contributed by atoms with E-state index in [0.29, 0.717) is 18.1 Å². The first-order chi connectivity index (χ1) is 15.9. The minimum absolute atomic E-state index is 0.0104. The van der Waals surface area contributed by atoms with Crippen LogP contribution in [0.4, 0.5) is 11.6 Å². The van der Waals surface area contributed by atoms with Gasteiger partial charge in [-0.15, -0.1) is 0 Å².